The third-order valence-electron chi connectivity index (χ3n) is 12.9. The fourth-order valence-corrected chi connectivity index (χ4v) is 12.8. The van der Waals surface area contributed by atoms with Crippen LogP contribution >= 0.6 is 33.9 Å². The molecule has 0 fully saturated rings. The number of unbranched alkanes of at least 4 members (excludes halogenated alkanes) is 1. The van der Waals surface area contributed by atoms with Crippen molar-refractivity contribution in [2.75, 3.05) is 19.6 Å². The average Bonchev–Trinajstić information content (AvgIpc) is 3.66. The van der Waals surface area contributed by atoms with Crippen molar-refractivity contribution in [2.24, 2.45) is 0 Å². The van der Waals surface area contributed by atoms with Crippen molar-refractivity contribution in [1.82, 2.24) is 0 Å². The van der Waals surface area contributed by atoms with Gasteiger partial charge in [0.25, 0.3) is 13.4 Å². The minimum atomic E-state index is 0.0921. The molecule has 5 aliphatic rings. The number of aryl methyl sites for hydroxylation is 1. The molecule has 0 saturated heterocycles. The summed E-state index contributed by atoms with van der Waals surface area (Å²) in [4.78, 5) is 10.4. The van der Waals surface area contributed by atoms with Gasteiger partial charge in [-0.05, 0) is 136 Å². The van der Waals surface area contributed by atoms with Crippen LogP contribution in [0.1, 0.15) is 25.3 Å². The van der Waals surface area contributed by atoms with E-state index in [0.29, 0.717) is 0 Å². The second-order valence-electron chi connectivity index (χ2n) is 16.0. The van der Waals surface area contributed by atoms with Crippen molar-refractivity contribution in [3.8, 4) is 0 Å². The molecule has 6 heterocycles. The molecule has 0 unspecified atom stereocenters. The van der Waals surface area contributed by atoms with Crippen LogP contribution in [0.2, 0.25) is 0 Å². The predicted molar refractivity (Wildman–Crippen MR) is 257 cm³/mol. The summed E-state index contributed by atoms with van der Waals surface area (Å²) in [6, 6.07) is 59.4. The molecule has 0 radical (unpaired) electrons. The molecule has 4 nitrogen and oxygen atoms in total. The van der Waals surface area contributed by atoms with E-state index in [1.807, 2.05) is 0 Å². The predicted octanol–water partition coefficient (Wildman–Crippen LogP) is 10.2. The first kappa shape index (κ1) is 33.3. The van der Waals surface area contributed by atoms with E-state index in [1.165, 1.54) is 109 Å². The lowest BCUT2D eigenvalue weighted by molar-refractivity contribution is 0.795. The zero-order valence-electron chi connectivity index (χ0n) is 31.9. The summed E-state index contributed by atoms with van der Waals surface area (Å²) in [5, 5.41) is 0. The Bertz CT molecular complexity index is 3020. The minimum Gasteiger partial charge on any atom is -0.311 e. The molecule has 0 N–H and O–H groups in total. The van der Waals surface area contributed by atoms with E-state index in [1.54, 1.807) is 0 Å². The Morgan fingerprint density at radius 1 is 0.466 bits per heavy atom. The number of nitrogens with zero attached hydrogens (tertiary/aromatic N) is 4. The summed E-state index contributed by atoms with van der Waals surface area (Å²) in [5.74, 6) is 0. The largest absolute Gasteiger partial charge is 0.311 e. The highest BCUT2D eigenvalue weighted by Crippen LogP contribution is 2.58. The highest BCUT2D eigenvalue weighted by atomic mass is 127. The lowest BCUT2D eigenvalue weighted by atomic mass is 9.35. The van der Waals surface area contributed by atoms with Crippen molar-refractivity contribution in [3.05, 3.63) is 167 Å². The highest BCUT2D eigenvalue weighted by molar-refractivity contribution is 14.1. The number of rotatable bonds is 5. The molecule has 0 spiro atoms. The second-order valence-corrected chi connectivity index (χ2v) is 18.4. The topological polar surface area (TPSA) is 13.0 Å². The molecule has 5 aliphatic heterocycles. The monoisotopic (exact) mass is 872 g/mol. The number of hydrogen-bond acceptors (Lipinski definition) is 5. The Kier molecular flexibility index (Phi) is 7.12. The summed E-state index contributed by atoms with van der Waals surface area (Å²) in [6.07, 6.45) is 3.37. The zero-order valence-corrected chi connectivity index (χ0v) is 34.8. The van der Waals surface area contributed by atoms with Gasteiger partial charge in [-0.2, -0.15) is 11.3 Å². The standard InChI is InChI=1S/C50H35B2IN4S/c1-2-3-16-31-27-41-45-42(28-31)56-39-25-14-15-26-40(39)57-44-30-32(53)29-43-46(44)52(36-22-11-13-24-38(36)55(43)34-19-8-5-9-20-34)50-48(57)47(56)49(58-50)51(45)35-21-10-12-23-37(35)54(41)33-17-6-4-7-18-33/h4-15,17-30H,2-3,16H2,1H3. The van der Waals surface area contributed by atoms with Crippen LogP contribution in [0.15, 0.2) is 158 Å². The third kappa shape index (κ3) is 4.37. The van der Waals surface area contributed by atoms with E-state index >= 15 is 0 Å². The number of halogens is 1. The summed E-state index contributed by atoms with van der Waals surface area (Å²) in [6.45, 7) is 2.49. The first-order valence-electron chi connectivity index (χ1n) is 20.4. The van der Waals surface area contributed by atoms with Gasteiger partial charge in [0.1, 0.15) is 0 Å². The Labute approximate surface area is 357 Å². The van der Waals surface area contributed by atoms with Gasteiger partial charge in [-0.1, -0.05) is 98.3 Å². The van der Waals surface area contributed by atoms with Crippen LogP contribution in [0.4, 0.5) is 68.2 Å². The average molecular weight is 872 g/mol. The number of anilines is 12. The minimum absolute atomic E-state index is 0.0921. The van der Waals surface area contributed by atoms with Crippen LogP contribution in [-0.4, -0.2) is 13.4 Å². The van der Waals surface area contributed by atoms with Crippen LogP contribution < -0.4 is 51.0 Å². The number of benzene rings is 7. The fourth-order valence-electron chi connectivity index (χ4n) is 10.7. The first-order valence-corrected chi connectivity index (χ1v) is 22.3. The van der Waals surface area contributed by atoms with E-state index in [0.717, 1.165) is 19.3 Å². The molecule has 0 atom stereocenters. The zero-order chi connectivity index (χ0) is 38.2. The van der Waals surface area contributed by atoms with Crippen molar-refractivity contribution in [3.63, 3.8) is 0 Å². The molecular weight excluding hydrogens is 837 g/mol. The lowest BCUT2D eigenvalue weighted by Crippen LogP contribution is -2.61. The van der Waals surface area contributed by atoms with Crippen LogP contribution in [0.3, 0.4) is 0 Å². The van der Waals surface area contributed by atoms with Crippen molar-refractivity contribution in [1.29, 1.82) is 0 Å². The van der Waals surface area contributed by atoms with Crippen molar-refractivity contribution >= 4 is 147 Å². The van der Waals surface area contributed by atoms with E-state index in [4.69, 9.17) is 0 Å². The summed E-state index contributed by atoms with van der Waals surface area (Å²) in [5.41, 5.74) is 22.2. The maximum atomic E-state index is 2.67. The van der Waals surface area contributed by atoms with E-state index in [9.17, 15) is 0 Å². The lowest BCUT2D eigenvalue weighted by Gasteiger charge is -2.49. The Hall–Kier alpha value is -5.70. The molecule has 0 saturated carbocycles. The van der Waals surface area contributed by atoms with Gasteiger partial charge in [0.2, 0.25) is 0 Å². The second kappa shape index (κ2) is 12.4. The Balaban J connectivity index is 1.15. The van der Waals surface area contributed by atoms with Gasteiger partial charge in [-0.3, -0.25) is 0 Å². The molecule has 58 heavy (non-hydrogen) atoms. The molecule has 7 aromatic carbocycles. The molecule has 0 amide bonds. The van der Waals surface area contributed by atoms with Crippen LogP contribution in [0, 0.1) is 3.57 Å². The van der Waals surface area contributed by atoms with Crippen LogP contribution in [0.25, 0.3) is 0 Å². The van der Waals surface area contributed by atoms with Gasteiger partial charge in [0.15, 0.2) is 0 Å². The van der Waals surface area contributed by atoms with Crippen molar-refractivity contribution < 1.29 is 0 Å². The van der Waals surface area contributed by atoms with Crippen LogP contribution in [-0.2, 0) is 6.42 Å². The normalized spacial score (nSPS) is 14.4. The summed E-state index contributed by atoms with van der Waals surface area (Å²) < 4.78 is 4.10. The van der Waals surface area contributed by atoms with E-state index < -0.39 is 0 Å². The third-order valence-corrected chi connectivity index (χ3v) is 14.8. The maximum absolute atomic E-state index is 2.67. The van der Waals surface area contributed by atoms with Crippen LogP contribution in [0.5, 0.6) is 0 Å². The highest BCUT2D eigenvalue weighted by Gasteiger charge is 2.53. The van der Waals surface area contributed by atoms with Gasteiger partial charge >= 0.3 is 0 Å². The fraction of sp³-hybridized carbons (Fsp3) is 0.0800. The Morgan fingerprint density at radius 2 is 0.879 bits per heavy atom. The summed E-state index contributed by atoms with van der Waals surface area (Å²) >= 11 is 4.61. The molecule has 0 bridgehead atoms. The van der Waals surface area contributed by atoms with Gasteiger partial charge in [0, 0.05) is 58.6 Å². The maximum Gasteiger partial charge on any atom is 0.264 e. The first-order chi connectivity index (χ1) is 28.7. The van der Waals surface area contributed by atoms with Gasteiger partial charge in [-0.15, -0.1) is 0 Å². The van der Waals surface area contributed by atoms with E-state index in [-0.39, 0.29) is 13.4 Å². The molecule has 8 heteroatoms. The summed E-state index contributed by atoms with van der Waals surface area (Å²) in [7, 11) is 0. The van der Waals surface area contributed by atoms with E-state index in [2.05, 4.69) is 218 Å². The van der Waals surface area contributed by atoms with Crippen molar-refractivity contribution in [2.45, 2.75) is 26.2 Å². The Morgan fingerprint density at radius 3 is 1.38 bits per heavy atom. The quantitative estimate of drug-likeness (QED) is 0.126. The number of thiophene rings is 1. The molecule has 274 valence electrons. The molecular formula is C50H35B2IN4S. The molecule has 13 rings (SSSR count). The number of hydrogen-bond donors (Lipinski definition) is 0. The number of para-hydroxylation sites is 6. The molecule has 1 aromatic heterocycles. The molecule has 0 aliphatic carbocycles. The smallest absolute Gasteiger partial charge is 0.264 e. The number of fused-ring (bicyclic) bond motifs is 11. The van der Waals surface area contributed by atoms with Gasteiger partial charge < -0.3 is 19.6 Å². The van der Waals surface area contributed by atoms with Gasteiger partial charge in [-0.25, -0.2) is 0 Å². The SMILES string of the molecule is CCCCc1cc2c3c(c1)N1c4ccccc4N4c5cc(I)cc6c5B(c5ccccc5N6c5ccccc5)c5sc(c1c54)B3c1ccccc1N2c1ccccc1. The van der Waals surface area contributed by atoms with Gasteiger partial charge in [0.05, 0.1) is 22.7 Å². The molecule has 8 aromatic rings.